The summed E-state index contributed by atoms with van der Waals surface area (Å²) < 4.78 is 0. The van der Waals surface area contributed by atoms with Gasteiger partial charge < -0.3 is 9.88 Å². The molecule has 3 nitrogen and oxygen atoms in total. The number of anilines is 1. The Kier molecular flexibility index (Phi) is 1.86. The lowest BCUT2D eigenvalue weighted by molar-refractivity contribution is 0.949. The predicted octanol–water partition coefficient (Wildman–Crippen LogP) is 0.975. The number of nitrogens with zero attached hydrogens (tertiary/aromatic N) is 1. The molecule has 3 heteroatoms. The zero-order chi connectivity index (χ0) is 8.39. The zero-order valence-corrected chi connectivity index (χ0v) is 6.92. The van der Waals surface area contributed by atoms with E-state index in [0.29, 0.717) is 0 Å². The van der Waals surface area contributed by atoms with Gasteiger partial charge in [-0.05, 0) is 18.9 Å². The SMILES string of the molecule is O=c1ccc(N2CCCC2)c[nH]1. The molecule has 0 bridgehead atoms. The van der Waals surface area contributed by atoms with E-state index in [1.807, 2.05) is 6.07 Å². The van der Waals surface area contributed by atoms with E-state index < -0.39 is 0 Å². The highest BCUT2D eigenvalue weighted by Crippen LogP contribution is 2.16. The minimum Gasteiger partial charge on any atom is -0.370 e. The number of aromatic nitrogens is 1. The van der Waals surface area contributed by atoms with Gasteiger partial charge in [-0.3, -0.25) is 4.79 Å². The highest BCUT2D eigenvalue weighted by atomic mass is 16.1. The van der Waals surface area contributed by atoms with Crippen molar-refractivity contribution < 1.29 is 0 Å². The van der Waals surface area contributed by atoms with Gasteiger partial charge in [-0.1, -0.05) is 0 Å². The van der Waals surface area contributed by atoms with Gasteiger partial charge in [-0.2, -0.15) is 0 Å². The van der Waals surface area contributed by atoms with Crippen molar-refractivity contribution >= 4 is 5.69 Å². The number of aromatic amines is 1. The normalized spacial score (nSPS) is 16.8. The molecule has 1 aromatic heterocycles. The molecule has 0 radical (unpaired) electrons. The van der Waals surface area contributed by atoms with Gasteiger partial charge in [-0.15, -0.1) is 0 Å². The molecule has 0 aliphatic carbocycles. The third-order valence-electron chi connectivity index (χ3n) is 2.24. The summed E-state index contributed by atoms with van der Waals surface area (Å²) in [6, 6.07) is 3.46. The van der Waals surface area contributed by atoms with E-state index in [4.69, 9.17) is 0 Å². The molecule has 1 aromatic rings. The lowest BCUT2D eigenvalue weighted by Crippen LogP contribution is -2.18. The van der Waals surface area contributed by atoms with E-state index in [1.165, 1.54) is 12.8 Å². The third-order valence-corrected chi connectivity index (χ3v) is 2.24. The number of H-pyrrole nitrogens is 1. The standard InChI is InChI=1S/C9H12N2O/c12-9-4-3-8(7-10-9)11-5-1-2-6-11/h3-4,7H,1-2,5-6H2,(H,10,12). The quantitative estimate of drug-likeness (QED) is 0.671. The molecule has 0 aromatic carbocycles. The summed E-state index contributed by atoms with van der Waals surface area (Å²) in [6.07, 6.45) is 4.31. The van der Waals surface area contributed by atoms with Crippen LogP contribution in [0.15, 0.2) is 23.1 Å². The van der Waals surface area contributed by atoms with E-state index in [-0.39, 0.29) is 5.56 Å². The molecule has 0 spiro atoms. The Balaban J connectivity index is 2.22. The molecule has 0 saturated carbocycles. The maximum Gasteiger partial charge on any atom is 0.248 e. The summed E-state index contributed by atoms with van der Waals surface area (Å²) in [5.41, 5.74) is 1.10. The fourth-order valence-corrected chi connectivity index (χ4v) is 1.57. The topological polar surface area (TPSA) is 36.1 Å². The van der Waals surface area contributed by atoms with Crippen LogP contribution < -0.4 is 10.5 Å². The Morgan fingerprint density at radius 3 is 2.58 bits per heavy atom. The average Bonchev–Trinajstić information content (AvgIpc) is 2.58. The average molecular weight is 164 g/mol. The summed E-state index contributed by atoms with van der Waals surface area (Å²) in [6.45, 7) is 2.23. The largest absolute Gasteiger partial charge is 0.370 e. The second-order valence-corrected chi connectivity index (χ2v) is 3.11. The van der Waals surface area contributed by atoms with Crippen LogP contribution in [0.4, 0.5) is 5.69 Å². The van der Waals surface area contributed by atoms with Gasteiger partial charge in [0.25, 0.3) is 0 Å². The molecule has 12 heavy (non-hydrogen) atoms. The minimum atomic E-state index is -0.0297. The summed E-state index contributed by atoms with van der Waals surface area (Å²) in [5, 5.41) is 0. The van der Waals surface area contributed by atoms with Crippen molar-refractivity contribution in [1.82, 2.24) is 4.98 Å². The molecule has 2 heterocycles. The molecule has 1 saturated heterocycles. The molecule has 0 atom stereocenters. The van der Waals surface area contributed by atoms with Crippen LogP contribution in [0.1, 0.15) is 12.8 Å². The van der Waals surface area contributed by atoms with Crippen LogP contribution in [-0.4, -0.2) is 18.1 Å². The first-order valence-corrected chi connectivity index (χ1v) is 4.30. The van der Waals surface area contributed by atoms with Crippen molar-refractivity contribution in [3.8, 4) is 0 Å². The molecule has 1 aliphatic heterocycles. The number of hydrogen-bond acceptors (Lipinski definition) is 2. The van der Waals surface area contributed by atoms with Gasteiger partial charge >= 0.3 is 0 Å². The van der Waals surface area contributed by atoms with Gasteiger partial charge in [0, 0.05) is 25.4 Å². The Morgan fingerprint density at radius 1 is 1.25 bits per heavy atom. The maximum absolute atomic E-state index is 10.8. The summed E-state index contributed by atoms with van der Waals surface area (Å²) in [4.78, 5) is 15.7. The molecule has 1 fully saturated rings. The fourth-order valence-electron chi connectivity index (χ4n) is 1.57. The van der Waals surface area contributed by atoms with Crippen LogP contribution in [0, 0.1) is 0 Å². The first-order valence-electron chi connectivity index (χ1n) is 4.30. The molecule has 1 aliphatic rings. The van der Waals surface area contributed by atoms with Crippen molar-refractivity contribution in [1.29, 1.82) is 0 Å². The van der Waals surface area contributed by atoms with Crippen molar-refractivity contribution in [2.75, 3.05) is 18.0 Å². The van der Waals surface area contributed by atoms with Crippen LogP contribution in [0.2, 0.25) is 0 Å². The van der Waals surface area contributed by atoms with E-state index in [1.54, 1.807) is 12.3 Å². The van der Waals surface area contributed by atoms with Gasteiger partial charge in [0.05, 0.1) is 5.69 Å². The zero-order valence-electron chi connectivity index (χ0n) is 6.92. The second-order valence-electron chi connectivity index (χ2n) is 3.11. The smallest absolute Gasteiger partial charge is 0.248 e. The lowest BCUT2D eigenvalue weighted by atomic mass is 10.4. The van der Waals surface area contributed by atoms with Gasteiger partial charge in [0.15, 0.2) is 0 Å². The predicted molar refractivity (Wildman–Crippen MR) is 48.5 cm³/mol. The molecule has 2 rings (SSSR count). The summed E-state index contributed by atoms with van der Waals surface area (Å²) in [5.74, 6) is 0. The molecular formula is C9H12N2O. The van der Waals surface area contributed by atoms with Crippen LogP contribution in [0.3, 0.4) is 0 Å². The molecule has 0 unspecified atom stereocenters. The van der Waals surface area contributed by atoms with E-state index in [9.17, 15) is 4.79 Å². The first kappa shape index (κ1) is 7.40. The number of rotatable bonds is 1. The van der Waals surface area contributed by atoms with E-state index >= 15 is 0 Å². The van der Waals surface area contributed by atoms with E-state index in [0.717, 1.165) is 18.8 Å². The monoisotopic (exact) mass is 164 g/mol. The van der Waals surface area contributed by atoms with Gasteiger partial charge in [0.1, 0.15) is 0 Å². The molecular weight excluding hydrogens is 152 g/mol. The van der Waals surface area contributed by atoms with Crippen molar-refractivity contribution in [2.24, 2.45) is 0 Å². The number of nitrogens with one attached hydrogen (secondary N) is 1. The van der Waals surface area contributed by atoms with Gasteiger partial charge in [0.2, 0.25) is 5.56 Å². The van der Waals surface area contributed by atoms with Crippen LogP contribution in [-0.2, 0) is 0 Å². The second kappa shape index (κ2) is 3.01. The van der Waals surface area contributed by atoms with Crippen molar-refractivity contribution in [3.63, 3.8) is 0 Å². The van der Waals surface area contributed by atoms with Crippen LogP contribution in [0.5, 0.6) is 0 Å². The highest BCUT2D eigenvalue weighted by Gasteiger charge is 2.11. The maximum atomic E-state index is 10.8. The molecule has 0 amide bonds. The minimum absolute atomic E-state index is 0.0297. The third kappa shape index (κ3) is 1.35. The van der Waals surface area contributed by atoms with Crippen molar-refractivity contribution in [2.45, 2.75) is 12.8 Å². The Labute approximate surface area is 71.0 Å². The highest BCUT2D eigenvalue weighted by molar-refractivity contribution is 5.44. The van der Waals surface area contributed by atoms with Gasteiger partial charge in [-0.25, -0.2) is 0 Å². The van der Waals surface area contributed by atoms with Crippen LogP contribution in [0.25, 0.3) is 0 Å². The number of hydrogen-bond donors (Lipinski definition) is 1. The Hall–Kier alpha value is -1.25. The summed E-state index contributed by atoms with van der Waals surface area (Å²) >= 11 is 0. The Morgan fingerprint density at radius 2 is 2.00 bits per heavy atom. The fraction of sp³-hybridized carbons (Fsp3) is 0.444. The van der Waals surface area contributed by atoms with E-state index in [2.05, 4.69) is 9.88 Å². The molecule has 1 N–H and O–H groups in total. The van der Waals surface area contributed by atoms with Crippen LogP contribution >= 0.6 is 0 Å². The summed E-state index contributed by atoms with van der Waals surface area (Å²) in [7, 11) is 0. The molecule has 64 valence electrons. The number of pyridine rings is 1. The first-order chi connectivity index (χ1) is 5.86. The lowest BCUT2D eigenvalue weighted by Gasteiger charge is -2.16. The Bertz CT molecular complexity index is 292. The van der Waals surface area contributed by atoms with Crippen molar-refractivity contribution in [3.05, 3.63) is 28.7 Å².